The van der Waals surface area contributed by atoms with Crippen LogP contribution in [0.15, 0.2) is 42.7 Å². The van der Waals surface area contributed by atoms with Gasteiger partial charge in [-0.15, -0.1) is 0 Å². The van der Waals surface area contributed by atoms with Crippen molar-refractivity contribution in [2.24, 2.45) is 0 Å². The molecule has 0 aliphatic heterocycles. The van der Waals surface area contributed by atoms with E-state index in [1.54, 1.807) is 18.5 Å². The Balaban J connectivity index is 2.25. The van der Waals surface area contributed by atoms with Gasteiger partial charge in [-0.2, -0.15) is 0 Å². The standard InChI is InChI=1S/C12H11ClN2/c13-11-2-1-10(12(14)8-11)7-9-3-5-15-6-4-9/h1-6,8H,7,14H2. The van der Waals surface area contributed by atoms with Gasteiger partial charge in [0.1, 0.15) is 0 Å². The van der Waals surface area contributed by atoms with Crippen molar-refractivity contribution in [2.75, 3.05) is 5.73 Å². The van der Waals surface area contributed by atoms with E-state index in [1.807, 2.05) is 24.3 Å². The van der Waals surface area contributed by atoms with Crippen molar-refractivity contribution in [1.29, 1.82) is 0 Å². The summed E-state index contributed by atoms with van der Waals surface area (Å²) in [7, 11) is 0. The summed E-state index contributed by atoms with van der Waals surface area (Å²) in [6.45, 7) is 0. The lowest BCUT2D eigenvalue weighted by Gasteiger charge is -2.05. The summed E-state index contributed by atoms with van der Waals surface area (Å²) in [5.41, 5.74) is 8.89. The van der Waals surface area contributed by atoms with E-state index in [0.29, 0.717) is 5.02 Å². The maximum atomic E-state index is 5.87. The van der Waals surface area contributed by atoms with Crippen molar-refractivity contribution < 1.29 is 0 Å². The minimum Gasteiger partial charge on any atom is -0.398 e. The predicted octanol–water partition coefficient (Wildman–Crippen LogP) is 2.91. The van der Waals surface area contributed by atoms with E-state index in [0.717, 1.165) is 17.7 Å². The first-order valence-electron chi connectivity index (χ1n) is 4.68. The lowest BCUT2D eigenvalue weighted by Crippen LogP contribution is -1.95. The molecule has 2 aromatic rings. The molecule has 2 rings (SSSR count). The van der Waals surface area contributed by atoms with Gasteiger partial charge in [0.25, 0.3) is 0 Å². The molecule has 0 radical (unpaired) electrons. The fourth-order valence-corrected chi connectivity index (χ4v) is 1.63. The molecule has 0 spiro atoms. The Morgan fingerprint density at radius 2 is 1.87 bits per heavy atom. The number of pyridine rings is 1. The maximum absolute atomic E-state index is 5.87. The molecule has 3 heteroatoms. The van der Waals surface area contributed by atoms with Gasteiger partial charge in [0, 0.05) is 23.1 Å². The topological polar surface area (TPSA) is 38.9 Å². The van der Waals surface area contributed by atoms with E-state index < -0.39 is 0 Å². The molecule has 0 aliphatic carbocycles. The average molecular weight is 219 g/mol. The third-order valence-corrected chi connectivity index (χ3v) is 2.49. The van der Waals surface area contributed by atoms with Crippen LogP contribution in [0.5, 0.6) is 0 Å². The lowest BCUT2D eigenvalue weighted by atomic mass is 10.0. The van der Waals surface area contributed by atoms with Crippen LogP contribution in [0, 0.1) is 0 Å². The number of rotatable bonds is 2. The fourth-order valence-electron chi connectivity index (χ4n) is 1.45. The molecule has 0 aliphatic rings. The summed E-state index contributed by atoms with van der Waals surface area (Å²) < 4.78 is 0. The Labute approximate surface area is 93.7 Å². The van der Waals surface area contributed by atoms with Gasteiger partial charge in [-0.05, 0) is 41.8 Å². The smallest absolute Gasteiger partial charge is 0.0426 e. The molecule has 2 nitrogen and oxygen atoms in total. The number of nitrogen functional groups attached to an aromatic ring is 1. The SMILES string of the molecule is Nc1cc(Cl)ccc1Cc1ccncc1. The third-order valence-electron chi connectivity index (χ3n) is 2.25. The highest BCUT2D eigenvalue weighted by Crippen LogP contribution is 2.20. The Hall–Kier alpha value is -1.54. The van der Waals surface area contributed by atoms with Crippen LogP contribution in [0.2, 0.25) is 5.02 Å². The minimum atomic E-state index is 0.672. The highest BCUT2D eigenvalue weighted by molar-refractivity contribution is 6.30. The van der Waals surface area contributed by atoms with Gasteiger partial charge in [-0.25, -0.2) is 0 Å². The molecule has 1 aromatic heterocycles. The quantitative estimate of drug-likeness (QED) is 0.788. The van der Waals surface area contributed by atoms with Crippen LogP contribution in [0.3, 0.4) is 0 Å². The largest absolute Gasteiger partial charge is 0.398 e. The molecule has 1 aromatic carbocycles. The van der Waals surface area contributed by atoms with Crippen LogP contribution in [0.1, 0.15) is 11.1 Å². The van der Waals surface area contributed by atoms with Crippen LogP contribution in [0.4, 0.5) is 5.69 Å². The third kappa shape index (κ3) is 2.48. The Kier molecular flexibility index (Phi) is 2.88. The highest BCUT2D eigenvalue weighted by atomic mass is 35.5. The van der Waals surface area contributed by atoms with Crippen LogP contribution in [0.25, 0.3) is 0 Å². The monoisotopic (exact) mass is 218 g/mol. The molecule has 0 fully saturated rings. The molecular weight excluding hydrogens is 208 g/mol. The maximum Gasteiger partial charge on any atom is 0.0426 e. The fraction of sp³-hybridized carbons (Fsp3) is 0.0833. The molecule has 0 bridgehead atoms. The first kappa shape index (κ1) is 9.99. The zero-order chi connectivity index (χ0) is 10.7. The Morgan fingerprint density at radius 3 is 2.53 bits per heavy atom. The summed E-state index contributed by atoms with van der Waals surface area (Å²) in [6.07, 6.45) is 4.37. The van der Waals surface area contributed by atoms with Crippen LogP contribution in [-0.4, -0.2) is 4.98 Å². The number of halogens is 1. The second-order valence-corrected chi connectivity index (χ2v) is 3.81. The summed E-state index contributed by atoms with van der Waals surface area (Å²) >= 11 is 5.83. The average Bonchev–Trinajstić information content (AvgIpc) is 2.24. The summed E-state index contributed by atoms with van der Waals surface area (Å²) in [6, 6.07) is 9.55. The van der Waals surface area contributed by atoms with Gasteiger partial charge in [-0.3, -0.25) is 4.98 Å². The zero-order valence-electron chi connectivity index (χ0n) is 8.15. The zero-order valence-corrected chi connectivity index (χ0v) is 8.91. The van der Waals surface area contributed by atoms with Gasteiger partial charge < -0.3 is 5.73 Å². The van der Waals surface area contributed by atoms with Crippen molar-refractivity contribution in [3.63, 3.8) is 0 Å². The van der Waals surface area contributed by atoms with E-state index in [1.165, 1.54) is 5.56 Å². The summed E-state index contributed by atoms with van der Waals surface area (Å²) in [5.74, 6) is 0. The molecule has 15 heavy (non-hydrogen) atoms. The van der Waals surface area contributed by atoms with Crippen molar-refractivity contribution in [1.82, 2.24) is 4.98 Å². The molecule has 0 unspecified atom stereocenters. The Bertz CT molecular complexity index is 454. The molecule has 0 amide bonds. The Morgan fingerprint density at radius 1 is 1.13 bits per heavy atom. The second-order valence-electron chi connectivity index (χ2n) is 3.38. The molecular formula is C12H11ClN2. The second kappa shape index (κ2) is 4.32. The van der Waals surface area contributed by atoms with E-state index >= 15 is 0 Å². The molecule has 0 atom stereocenters. The number of nitrogens with zero attached hydrogens (tertiary/aromatic N) is 1. The molecule has 0 saturated carbocycles. The van der Waals surface area contributed by atoms with Gasteiger partial charge in [0.2, 0.25) is 0 Å². The van der Waals surface area contributed by atoms with Crippen molar-refractivity contribution in [2.45, 2.75) is 6.42 Å². The van der Waals surface area contributed by atoms with Gasteiger partial charge >= 0.3 is 0 Å². The first-order chi connectivity index (χ1) is 7.25. The molecule has 76 valence electrons. The van der Waals surface area contributed by atoms with Crippen molar-refractivity contribution >= 4 is 17.3 Å². The van der Waals surface area contributed by atoms with Gasteiger partial charge in [0.15, 0.2) is 0 Å². The normalized spacial score (nSPS) is 10.2. The number of benzene rings is 1. The van der Waals surface area contributed by atoms with E-state index in [9.17, 15) is 0 Å². The molecule has 0 saturated heterocycles. The first-order valence-corrected chi connectivity index (χ1v) is 5.06. The number of hydrogen-bond acceptors (Lipinski definition) is 2. The number of hydrogen-bond donors (Lipinski definition) is 1. The number of anilines is 1. The number of aromatic nitrogens is 1. The van der Waals surface area contributed by atoms with Crippen LogP contribution in [-0.2, 0) is 6.42 Å². The minimum absolute atomic E-state index is 0.672. The van der Waals surface area contributed by atoms with Crippen molar-refractivity contribution in [3.8, 4) is 0 Å². The number of nitrogens with two attached hydrogens (primary N) is 1. The van der Waals surface area contributed by atoms with Gasteiger partial charge in [-0.1, -0.05) is 17.7 Å². The van der Waals surface area contributed by atoms with Crippen molar-refractivity contribution in [3.05, 3.63) is 58.9 Å². The van der Waals surface area contributed by atoms with E-state index in [4.69, 9.17) is 17.3 Å². The van der Waals surface area contributed by atoms with Gasteiger partial charge in [0.05, 0.1) is 0 Å². The van der Waals surface area contributed by atoms with E-state index in [-0.39, 0.29) is 0 Å². The van der Waals surface area contributed by atoms with Crippen LogP contribution >= 0.6 is 11.6 Å². The summed E-state index contributed by atoms with van der Waals surface area (Å²) in [5, 5.41) is 0.672. The summed E-state index contributed by atoms with van der Waals surface area (Å²) in [4.78, 5) is 3.97. The predicted molar refractivity (Wildman–Crippen MR) is 62.9 cm³/mol. The molecule has 2 N–H and O–H groups in total. The van der Waals surface area contributed by atoms with Crippen LogP contribution < -0.4 is 5.73 Å². The van der Waals surface area contributed by atoms with E-state index in [2.05, 4.69) is 4.98 Å². The highest BCUT2D eigenvalue weighted by Gasteiger charge is 2.01. The lowest BCUT2D eigenvalue weighted by molar-refractivity contribution is 1.17. The molecule has 1 heterocycles.